The molecular weight excluding hydrogens is 613 g/mol. The zero-order valence-electron chi connectivity index (χ0n) is 20.8. The van der Waals surface area contributed by atoms with E-state index >= 15 is 0 Å². The van der Waals surface area contributed by atoms with Crippen molar-refractivity contribution in [1.29, 1.82) is 0 Å². The third kappa shape index (κ3) is 11.1. The van der Waals surface area contributed by atoms with Crippen molar-refractivity contribution in [2.45, 2.75) is 37.2 Å². The molecule has 11 nitrogen and oxygen atoms in total. The zero-order valence-corrected chi connectivity index (χ0v) is 24.1. The number of alkyl halides is 2. The fraction of sp³-hybridized carbons (Fsp3) is 0.682. The molecule has 0 radical (unpaired) electrons. The van der Waals surface area contributed by atoms with Gasteiger partial charge in [-0.25, -0.2) is 0 Å². The van der Waals surface area contributed by atoms with Crippen molar-refractivity contribution < 1.29 is 38.6 Å². The molecule has 1 aliphatic rings. The van der Waals surface area contributed by atoms with Gasteiger partial charge in [-0.1, -0.05) is 19.1 Å². The summed E-state index contributed by atoms with van der Waals surface area (Å²) in [5, 5.41) is 6.62. The van der Waals surface area contributed by atoms with Crippen molar-refractivity contribution in [3.05, 3.63) is 29.8 Å². The van der Waals surface area contributed by atoms with Crippen LogP contribution in [-0.4, -0.2) is 162 Å². The molecule has 1 aromatic rings. The fourth-order valence-electron chi connectivity index (χ4n) is 4.46. The molecule has 216 valence electrons. The monoisotopic (exact) mass is 651 g/mol. The van der Waals surface area contributed by atoms with Crippen molar-refractivity contribution in [3.8, 4) is 0 Å². The second-order valence-electron chi connectivity index (χ2n) is 9.05. The number of hydrogen-bond donors (Lipinski definition) is 5. The Bertz CT molecular complexity index is 951. The van der Waals surface area contributed by atoms with E-state index in [9.17, 15) is 38.6 Å². The molecule has 0 saturated carbocycles. The fourth-order valence-corrected chi connectivity index (χ4v) is 7.12. The first-order valence-electron chi connectivity index (χ1n) is 12.1. The molecule has 1 aliphatic heterocycles. The Morgan fingerprint density at radius 2 is 1.46 bits per heavy atom. The van der Waals surface area contributed by atoms with Gasteiger partial charge in [-0.2, -0.15) is 0 Å². The summed E-state index contributed by atoms with van der Waals surface area (Å²) in [6.07, 6.45) is -0.147. The van der Waals surface area contributed by atoms with Crippen LogP contribution in [0.1, 0.15) is 37.7 Å². The topological polar surface area (TPSA) is 162 Å². The molecule has 0 bridgehead atoms. The summed E-state index contributed by atoms with van der Waals surface area (Å²) in [6, 6.07) is 7.85. The molecule has 0 aliphatic carbocycles. The molecule has 1 saturated heterocycles. The van der Waals surface area contributed by atoms with Crippen molar-refractivity contribution in [3.63, 3.8) is 0 Å². The summed E-state index contributed by atoms with van der Waals surface area (Å²) >= 11 is 11.8. The van der Waals surface area contributed by atoms with Crippen LogP contribution in [0.15, 0.2) is 24.3 Å². The number of rotatable bonds is 14. The van der Waals surface area contributed by atoms with Gasteiger partial charge in [0.05, 0.1) is 5.92 Å². The van der Waals surface area contributed by atoms with Crippen LogP contribution in [0.3, 0.4) is 0 Å². The van der Waals surface area contributed by atoms with Gasteiger partial charge >= 0.3 is 74.3 Å². The van der Waals surface area contributed by atoms with Gasteiger partial charge in [0.2, 0.25) is 5.91 Å². The van der Waals surface area contributed by atoms with Crippen LogP contribution in [0.2, 0.25) is 0 Å². The van der Waals surface area contributed by atoms with Crippen LogP contribution in [0.5, 0.6) is 0 Å². The summed E-state index contributed by atoms with van der Waals surface area (Å²) in [4.78, 5) is 56.1. The number of amides is 1. The second-order valence-corrected chi connectivity index (χ2v) is 13.8. The molecule has 0 spiro atoms. The standard InChI is InChI=1S/C22H37Cl2N3O8P2.2Na.2H/c1-2-20(18-4-6-19(7-5-18)26(12-9-23)13-10-24)21(28)27-16-14-25(15-17-27)11-3-8-22(29,36(30,31)32)37(33,34)35;;;;/h4-7,20,29H,2-3,8-17H2,1H3,(H2,30,31,32)(H2,33,34,35);;;;. The maximum absolute atomic E-state index is 13.3. The Hall–Kier alpha value is 1.29. The number of benzene rings is 1. The number of carbonyl (C=O) groups excluding carboxylic acids is 1. The number of piperazine rings is 1. The molecule has 39 heavy (non-hydrogen) atoms. The third-order valence-corrected chi connectivity index (χ3v) is 10.9. The quantitative estimate of drug-likeness (QED) is 0.112. The molecule has 1 amide bonds. The molecule has 1 fully saturated rings. The Kier molecular flexibility index (Phi) is 18.8. The predicted molar refractivity (Wildman–Crippen MR) is 159 cm³/mol. The molecule has 5 N–H and O–H groups in total. The van der Waals surface area contributed by atoms with E-state index in [2.05, 4.69) is 4.90 Å². The number of nitrogens with zero attached hydrogens (tertiary/aromatic N) is 3. The first kappa shape index (κ1) is 40.3. The number of aliphatic hydroxyl groups is 1. The van der Waals surface area contributed by atoms with Gasteiger partial charge in [0, 0.05) is 63.1 Å². The van der Waals surface area contributed by atoms with Crippen LogP contribution in [0.25, 0.3) is 0 Å². The average molecular weight is 652 g/mol. The molecule has 1 aromatic carbocycles. The SMILES string of the molecule is CCC(C(=O)N1CCN(CCCC(O)(P(=O)(O)O)P(=O)(O)O)CC1)c1ccc(N(CCCl)CCCl)cc1.[NaH].[NaH]. The number of anilines is 1. The second kappa shape index (κ2) is 18.2. The molecule has 1 heterocycles. The van der Waals surface area contributed by atoms with Gasteiger partial charge in [0.15, 0.2) is 0 Å². The van der Waals surface area contributed by atoms with Gasteiger partial charge in [-0.15, -0.1) is 23.2 Å². The molecular formula is C22H39Cl2N3Na2O8P2. The van der Waals surface area contributed by atoms with Gasteiger partial charge in [0.1, 0.15) is 0 Å². The summed E-state index contributed by atoms with van der Waals surface area (Å²) < 4.78 is 23.0. The first-order valence-corrected chi connectivity index (χ1v) is 16.4. The maximum atomic E-state index is 13.3. The van der Waals surface area contributed by atoms with Crippen molar-refractivity contribution in [1.82, 2.24) is 9.80 Å². The van der Waals surface area contributed by atoms with Gasteiger partial charge < -0.3 is 34.5 Å². The molecule has 1 unspecified atom stereocenters. The van der Waals surface area contributed by atoms with Crippen LogP contribution in [0.4, 0.5) is 5.69 Å². The van der Waals surface area contributed by atoms with Gasteiger partial charge in [0.25, 0.3) is 5.08 Å². The van der Waals surface area contributed by atoms with E-state index in [1.165, 1.54) is 0 Å². The Morgan fingerprint density at radius 1 is 0.974 bits per heavy atom. The van der Waals surface area contributed by atoms with Crippen molar-refractivity contribution in [2.75, 3.05) is 62.5 Å². The summed E-state index contributed by atoms with van der Waals surface area (Å²) in [7, 11) is -10.9. The summed E-state index contributed by atoms with van der Waals surface area (Å²) in [5.41, 5.74) is 1.91. The van der Waals surface area contributed by atoms with E-state index < -0.39 is 26.7 Å². The van der Waals surface area contributed by atoms with Crippen LogP contribution in [0, 0.1) is 0 Å². The number of carbonyl (C=O) groups is 1. The average Bonchev–Trinajstić information content (AvgIpc) is 2.83. The van der Waals surface area contributed by atoms with E-state index in [1.807, 2.05) is 36.1 Å². The Morgan fingerprint density at radius 3 is 1.87 bits per heavy atom. The molecule has 17 heteroatoms. The summed E-state index contributed by atoms with van der Waals surface area (Å²) in [6.45, 7) is 5.47. The zero-order chi connectivity index (χ0) is 27.9. The van der Waals surface area contributed by atoms with Crippen LogP contribution >= 0.6 is 38.4 Å². The Balaban J connectivity index is 0.00000722. The van der Waals surface area contributed by atoms with Crippen LogP contribution in [-0.2, 0) is 13.9 Å². The summed E-state index contributed by atoms with van der Waals surface area (Å²) in [5.74, 6) is 0.686. The predicted octanol–water partition coefficient (Wildman–Crippen LogP) is 1.09. The number of hydrogen-bond acceptors (Lipinski definition) is 6. The normalized spacial score (nSPS) is 15.7. The van der Waals surface area contributed by atoms with Crippen molar-refractivity contribution >= 4 is 109 Å². The molecule has 0 aromatic heterocycles. The van der Waals surface area contributed by atoms with E-state index in [4.69, 9.17) is 23.2 Å². The van der Waals surface area contributed by atoms with E-state index in [1.54, 1.807) is 4.90 Å². The third-order valence-electron chi connectivity index (χ3n) is 6.68. The first-order chi connectivity index (χ1) is 17.3. The Labute approximate surface area is 284 Å². The van der Waals surface area contributed by atoms with E-state index in [-0.39, 0.29) is 83.9 Å². The van der Waals surface area contributed by atoms with E-state index in [0.717, 1.165) is 11.3 Å². The molecule has 1 atom stereocenters. The van der Waals surface area contributed by atoms with Gasteiger partial charge in [-0.3, -0.25) is 18.8 Å². The van der Waals surface area contributed by atoms with Crippen molar-refractivity contribution in [2.24, 2.45) is 0 Å². The minimum absolute atomic E-state index is 0. The van der Waals surface area contributed by atoms with E-state index in [0.29, 0.717) is 57.4 Å². The van der Waals surface area contributed by atoms with Crippen LogP contribution < -0.4 is 4.90 Å². The molecule has 2 rings (SSSR count). The van der Waals surface area contributed by atoms with Gasteiger partial charge in [-0.05, 0) is 37.1 Å². The number of halogens is 2. The minimum atomic E-state index is -5.46.